The van der Waals surface area contributed by atoms with Crippen molar-refractivity contribution < 1.29 is 0 Å². The maximum absolute atomic E-state index is 6.67. The summed E-state index contributed by atoms with van der Waals surface area (Å²) in [5.41, 5.74) is 13.6. The molecule has 0 fully saturated rings. The van der Waals surface area contributed by atoms with Crippen molar-refractivity contribution in [2.24, 2.45) is 5.73 Å². The van der Waals surface area contributed by atoms with Crippen LogP contribution in [0.4, 0.5) is 0 Å². The molecule has 2 N–H and O–H groups in total. The second kappa shape index (κ2) is 4.82. The molecule has 19 heavy (non-hydrogen) atoms. The van der Waals surface area contributed by atoms with E-state index in [2.05, 4.69) is 71.0 Å². The van der Waals surface area contributed by atoms with Crippen molar-refractivity contribution in [3.05, 3.63) is 69.8 Å². The quantitative estimate of drug-likeness (QED) is 0.855. The zero-order valence-corrected chi connectivity index (χ0v) is 12.5. The third-order valence-corrected chi connectivity index (χ3v) is 3.77. The van der Waals surface area contributed by atoms with Crippen LogP contribution in [0, 0.1) is 27.7 Å². The van der Waals surface area contributed by atoms with E-state index >= 15 is 0 Å². The fourth-order valence-corrected chi connectivity index (χ4v) is 2.73. The Morgan fingerprint density at radius 2 is 1.37 bits per heavy atom. The summed E-state index contributed by atoms with van der Waals surface area (Å²) in [6.07, 6.45) is 0. The molecule has 0 bridgehead atoms. The highest BCUT2D eigenvalue weighted by atomic mass is 14.7. The Morgan fingerprint density at radius 3 is 1.95 bits per heavy atom. The van der Waals surface area contributed by atoms with E-state index in [0.29, 0.717) is 0 Å². The highest BCUT2D eigenvalue weighted by Crippen LogP contribution is 2.30. The van der Waals surface area contributed by atoms with Crippen molar-refractivity contribution in [3.63, 3.8) is 0 Å². The maximum atomic E-state index is 6.67. The van der Waals surface area contributed by atoms with E-state index in [1.807, 2.05) is 0 Å². The summed E-state index contributed by atoms with van der Waals surface area (Å²) in [5, 5.41) is 0. The molecule has 0 aliphatic carbocycles. The van der Waals surface area contributed by atoms with Gasteiger partial charge in [0.25, 0.3) is 0 Å². The van der Waals surface area contributed by atoms with Crippen molar-refractivity contribution in [2.75, 3.05) is 0 Å². The first-order valence-electron chi connectivity index (χ1n) is 6.76. The van der Waals surface area contributed by atoms with Crippen LogP contribution in [-0.2, 0) is 5.54 Å². The minimum absolute atomic E-state index is 0.452. The molecule has 1 unspecified atom stereocenters. The smallest absolute Gasteiger partial charge is 0.0639 e. The molecule has 1 atom stereocenters. The monoisotopic (exact) mass is 253 g/mol. The molecule has 0 aliphatic heterocycles. The number of rotatable bonds is 2. The van der Waals surface area contributed by atoms with E-state index in [4.69, 9.17) is 5.73 Å². The topological polar surface area (TPSA) is 26.0 Å². The van der Waals surface area contributed by atoms with Gasteiger partial charge < -0.3 is 5.73 Å². The van der Waals surface area contributed by atoms with Crippen molar-refractivity contribution in [1.29, 1.82) is 0 Å². The Hall–Kier alpha value is -1.60. The molecule has 0 aromatic heterocycles. The van der Waals surface area contributed by atoms with Gasteiger partial charge in [0.1, 0.15) is 0 Å². The minimum atomic E-state index is -0.452. The van der Waals surface area contributed by atoms with E-state index < -0.39 is 5.54 Å². The van der Waals surface area contributed by atoms with E-state index in [9.17, 15) is 0 Å². The molecule has 0 saturated heterocycles. The van der Waals surface area contributed by atoms with Gasteiger partial charge in [-0.25, -0.2) is 0 Å². The Balaban J connectivity index is 2.60. The zero-order chi connectivity index (χ0) is 14.2. The lowest BCUT2D eigenvalue weighted by molar-refractivity contribution is 0.597. The number of aryl methyl sites for hydroxylation is 4. The van der Waals surface area contributed by atoms with Crippen molar-refractivity contribution >= 4 is 0 Å². The summed E-state index contributed by atoms with van der Waals surface area (Å²) in [5.74, 6) is 0. The first-order chi connectivity index (χ1) is 8.80. The van der Waals surface area contributed by atoms with Gasteiger partial charge >= 0.3 is 0 Å². The van der Waals surface area contributed by atoms with Gasteiger partial charge in [-0.15, -0.1) is 0 Å². The van der Waals surface area contributed by atoms with Crippen LogP contribution >= 0.6 is 0 Å². The summed E-state index contributed by atoms with van der Waals surface area (Å²) in [7, 11) is 0. The predicted octanol–water partition coefficient (Wildman–Crippen LogP) is 4.14. The van der Waals surface area contributed by atoms with Gasteiger partial charge in [-0.2, -0.15) is 0 Å². The first-order valence-corrected chi connectivity index (χ1v) is 6.76. The molecule has 0 amide bonds. The number of nitrogens with two attached hydrogens (primary N) is 1. The van der Waals surface area contributed by atoms with E-state index in [0.717, 1.165) is 0 Å². The van der Waals surface area contributed by atoms with Crippen LogP contribution < -0.4 is 5.73 Å². The molecule has 1 nitrogen and oxygen atoms in total. The molecule has 1 heteroatoms. The summed E-state index contributed by atoms with van der Waals surface area (Å²) in [6.45, 7) is 10.6. The van der Waals surface area contributed by atoms with Gasteiger partial charge in [-0.3, -0.25) is 0 Å². The van der Waals surface area contributed by atoms with Crippen LogP contribution in [0.15, 0.2) is 36.4 Å². The van der Waals surface area contributed by atoms with E-state index in [-0.39, 0.29) is 0 Å². The average molecular weight is 253 g/mol. The number of benzene rings is 2. The number of hydrogen-bond acceptors (Lipinski definition) is 1. The first kappa shape index (κ1) is 13.8. The fraction of sp³-hybridized carbons (Fsp3) is 0.333. The van der Waals surface area contributed by atoms with Crippen LogP contribution in [0.2, 0.25) is 0 Å². The molecule has 100 valence electrons. The van der Waals surface area contributed by atoms with Gasteiger partial charge in [0.15, 0.2) is 0 Å². The zero-order valence-electron chi connectivity index (χ0n) is 12.5. The molecular weight excluding hydrogens is 230 g/mol. The summed E-state index contributed by atoms with van der Waals surface area (Å²) in [6, 6.07) is 13.0. The van der Waals surface area contributed by atoms with E-state index in [1.165, 1.54) is 33.4 Å². The molecule has 0 saturated carbocycles. The van der Waals surface area contributed by atoms with Crippen LogP contribution in [0.5, 0.6) is 0 Å². The predicted molar refractivity (Wildman–Crippen MR) is 82.5 cm³/mol. The van der Waals surface area contributed by atoms with Gasteiger partial charge in [-0.05, 0) is 51.3 Å². The van der Waals surface area contributed by atoms with Crippen molar-refractivity contribution in [3.8, 4) is 0 Å². The third-order valence-electron chi connectivity index (χ3n) is 3.77. The van der Waals surface area contributed by atoms with Gasteiger partial charge in [-0.1, -0.05) is 53.1 Å². The molecule has 2 aromatic carbocycles. The largest absolute Gasteiger partial charge is 0.318 e. The Kier molecular flexibility index (Phi) is 3.51. The maximum Gasteiger partial charge on any atom is 0.0639 e. The fourth-order valence-electron chi connectivity index (χ4n) is 2.73. The Bertz CT molecular complexity index is 589. The average Bonchev–Trinajstić information content (AvgIpc) is 2.31. The molecule has 0 aliphatic rings. The van der Waals surface area contributed by atoms with Crippen LogP contribution in [0.1, 0.15) is 40.3 Å². The summed E-state index contributed by atoms with van der Waals surface area (Å²) < 4.78 is 0. The third kappa shape index (κ3) is 2.71. The second-order valence-corrected chi connectivity index (χ2v) is 5.90. The van der Waals surface area contributed by atoms with Crippen LogP contribution in [-0.4, -0.2) is 0 Å². The molecule has 0 spiro atoms. The molecular formula is C18H23N. The highest BCUT2D eigenvalue weighted by molar-refractivity contribution is 5.45. The highest BCUT2D eigenvalue weighted by Gasteiger charge is 2.25. The van der Waals surface area contributed by atoms with Gasteiger partial charge in [0.05, 0.1) is 5.54 Å². The van der Waals surface area contributed by atoms with Crippen LogP contribution in [0.25, 0.3) is 0 Å². The van der Waals surface area contributed by atoms with Gasteiger partial charge in [0, 0.05) is 0 Å². The normalized spacial score (nSPS) is 14.2. The Labute approximate surface area is 116 Å². The molecule has 0 heterocycles. The van der Waals surface area contributed by atoms with Crippen molar-refractivity contribution in [1.82, 2.24) is 0 Å². The molecule has 2 aromatic rings. The van der Waals surface area contributed by atoms with Crippen molar-refractivity contribution in [2.45, 2.75) is 40.2 Å². The molecule has 0 radical (unpaired) electrons. The van der Waals surface area contributed by atoms with Gasteiger partial charge in [0.2, 0.25) is 0 Å². The summed E-state index contributed by atoms with van der Waals surface area (Å²) in [4.78, 5) is 0. The lowest BCUT2D eigenvalue weighted by atomic mass is 9.81. The van der Waals surface area contributed by atoms with Crippen LogP contribution in [0.3, 0.4) is 0 Å². The lowest BCUT2D eigenvalue weighted by Gasteiger charge is -2.29. The Morgan fingerprint density at radius 1 is 0.789 bits per heavy atom. The molecule has 2 rings (SSSR count). The SMILES string of the molecule is Cc1cc(C)cc(C(C)(N)c2cc(C)ccc2C)c1. The number of hydrogen-bond donors (Lipinski definition) is 1. The lowest BCUT2D eigenvalue weighted by Crippen LogP contribution is -2.35. The second-order valence-electron chi connectivity index (χ2n) is 5.90. The minimum Gasteiger partial charge on any atom is -0.318 e. The standard InChI is InChI=1S/C18H23N/c1-12-6-7-15(4)17(11-12)18(5,19)16-9-13(2)8-14(3)10-16/h6-11H,19H2,1-5H3. The summed E-state index contributed by atoms with van der Waals surface area (Å²) >= 11 is 0. The van der Waals surface area contributed by atoms with E-state index in [1.54, 1.807) is 0 Å².